The lowest BCUT2D eigenvalue weighted by atomic mass is 10.2. The van der Waals surface area contributed by atoms with Crippen LogP contribution in [0.15, 0.2) is 24.3 Å². The Labute approximate surface area is 88.2 Å². The molecule has 0 unspecified atom stereocenters. The third kappa shape index (κ3) is 2.70. The summed E-state index contributed by atoms with van der Waals surface area (Å²) in [5.74, 6) is 0.675. The first-order chi connectivity index (χ1) is 7.24. The number of amides is 1. The normalized spacial score (nSPS) is 15.5. The van der Waals surface area contributed by atoms with Crippen molar-refractivity contribution in [3.05, 3.63) is 24.3 Å². The first-order valence-electron chi connectivity index (χ1n) is 4.86. The van der Waals surface area contributed by atoms with Crippen LogP contribution in [0.3, 0.4) is 0 Å². The predicted octanol–water partition coefficient (Wildman–Crippen LogP) is 1.42. The van der Waals surface area contributed by atoms with Gasteiger partial charge in [0.2, 0.25) is 5.91 Å². The Morgan fingerprint density at radius 2 is 2.33 bits per heavy atom. The summed E-state index contributed by atoms with van der Waals surface area (Å²) in [7, 11) is 0. The number of ether oxygens (including phenoxy) is 2. The molecule has 1 aromatic rings. The van der Waals surface area contributed by atoms with E-state index < -0.39 is 0 Å². The maximum atomic E-state index is 10.8. The van der Waals surface area contributed by atoms with Crippen molar-refractivity contribution in [2.24, 2.45) is 0 Å². The third-order valence-corrected chi connectivity index (χ3v) is 2.06. The van der Waals surface area contributed by atoms with E-state index in [1.54, 1.807) is 6.07 Å². The molecule has 0 spiro atoms. The van der Waals surface area contributed by atoms with Crippen LogP contribution in [0.1, 0.15) is 6.92 Å². The molecule has 0 aliphatic carbocycles. The highest BCUT2D eigenvalue weighted by Crippen LogP contribution is 2.20. The summed E-state index contributed by atoms with van der Waals surface area (Å²) >= 11 is 0. The molecule has 1 N–H and O–H groups in total. The summed E-state index contributed by atoms with van der Waals surface area (Å²) in [6.45, 7) is 2.77. The average molecular weight is 207 g/mol. The molecule has 15 heavy (non-hydrogen) atoms. The molecule has 1 aliphatic heterocycles. The molecular formula is C11H13NO3. The summed E-state index contributed by atoms with van der Waals surface area (Å²) in [6, 6.07) is 7.34. The second-order valence-corrected chi connectivity index (χ2v) is 3.49. The Morgan fingerprint density at radius 3 is 2.93 bits per heavy atom. The van der Waals surface area contributed by atoms with Crippen LogP contribution in [0.2, 0.25) is 0 Å². The van der Waals surface area contributed by atoms with Crippen molar-refractivity contribution in [1.29, 1.82) is 0 Å². The molecular weight excluding hydrogens is 194 g/mol. The molecule has 1 aliphatic rings. The highest BCUT2D eigenvalue weighted by Gasteiger charge is 2.19. The lowest BCUT2D eigenvalue weighted by molar-refractivity contribution is -0.114. The molecule has 2 rings (SSSR count). The molecule has 0 saturated carbocycles. The minimum atomic E-state index is -0.0841. The topological polar surface area (TPSA) is 47.6 Å². The maximum Gasteiger partial charge on any atom is 0.221 e. The van der Waals surface area contributed by atoms with Crippen molar-refractivity contribution in [2.45, 2.75) is 13.0 Å². The van der Waals surface area contributed by atoms with E-state index in [0.29, 0.717) is 13.2 Å². The molecule has 1 fully saturated rings. The molecule has 0 radical (unpaired) electrons. The number of hydrogen-bond acceptors (Lipinski definition) is 3. The number of carbonyl (C=O) groups excluding carboxylic acids is 1. The van der Waals surface area contributed by atoms with Crippen LogP contribution in [0.5, 0.6) is 5.75 Å². The molecule has 0 aromatic heterocycles. The minimum absolute atomic E-state index is 0.0841. The van der Waals surface area contributed by atoms with Crippen molar-refractivity contribution < 1.29 is 14.3 Å². The van der Waals surface area contributed by atoms with Gasteiger partial charge in [-0.3, -0.25) is 4.79 Å². The summed E-state index contributed by atoms with van der Waals surface area (Å²) in [6.07, 6.45) is 0.151. The van der Waals surface area contributed by atoms with E-state index >= 15 is 0 Å². The highest BCUT2D eigenvalue weighted by molar-refractivity contribution is 5.88. The van der Waals surface area contributed by atoms with Gasteiger partial charge in [-0.05, 0) is 12.1 Å². The van der Waals surface area contributed by atoms with Gasteiger partial charge >= 0.3 is 0 Å². The molecule has 80 valence electrons. The average Bonchev–Trinajstić information content (AvgIpc) is 2.11. The van der Waals surface area contributed by atoms with E-state index in [1.165, 1.54) is 6.92 Å². The smallest absolute Gasteiger partial charge is 0.221 e. The second kappa shape index (κ2) is 4.31. The van der Waals surface area contributed by atoms with Crippen LogP contribution in [0, 0.1) is 0 Å². The highest BCUT2D eigenvalue weighted by atomic mass is 16.6. The van der Waals surface area contributed by atoms with Crippen molar-refractivity contribution in [1.82, 2.24) is 0 Å². The Morgan fingerprint density at radius 1 is 1.53 bits per heavy atom. The zero-order valence-electron chi connectivity index (χ0n) is 8.53. The number of nitrogens with one attached hydrogen (secondary N) is 1. The molecule has 4 heteroatoms. The number of carbonyl (C=O) groups is 1. The third-order valence-electron chi connectivity index (χ3n) is 2.06. The van der Waals surface area contributed by atoms with Gasteiger partial charge in [0.1, 0.15) is 11.9 Å². The zero-order valence-corrected chi connectivity index (χ0v) is 8.53. The number of rotatable bonds is 3. The fourth-order valence-corrected chi connectivity index (χ4v) is 1.32. The van der Waals surface area contributed by atoms with E-state index in [-0.39, 0.29) is 12.0 Å². The van der Waals surface area contributed by atoms with Crippen LogP contribution < -0.4 is 10.1 Å². The number of anilines is 1. The first-order valence-corrected chi connectivity index (χ1v) is 4.86. The Bertz CT molecular complexity index is 361. The minimum Gasteiger partial charge on any atom is -0.486 e. The Balaban J connectivity index is 2.00. The summed E-state index contributed by atoms with van der Waals surface area (Å²) in [5.41, 5.74) is 0.750. The molecule has 1 amide bonds. The monoisotopic (exact) mass is 207 g/mol. The van der Waals surface area contributed by atoms with E-state index in [9.17, 15) is 4.79 Å². The van der Waals surface area contributed by atoms with Gasteiger partial charge in [0.15, 0.2) is 0 Å². The van der Waals surface area contributed by atoms with Crippen LogP contribution >= 0.6 is 0 Å². The van der Waals surface area contributed by atoms with Crippen molar-refractivity contribution in [2.75, 3.05) is 18.5 Å². The van der Waals surface area contributed by atoms with E-state index in [2.05, 4.69) is 5.32 Å². The van der Waals surface area contributed by atoms with Crippen LogP contribution in [0.25, 0.3) is 0 Å². The van der Waals surface area contributed by atoms with Gasteiger partial charge in [-0.2, -0.15) is 0 Å². The molecule has 1 aromatic carbocycles. The Hall–Kier alpha value is -1.55. The fourth-order valence-electron chi connectivity index (χ4n) is 1.32. The molecule has 0 bridgehead atoms. The maximum absolute atomic E-state index is 10.8. The predicted molar refractivity (Wildman–Crippen MR) is 56.0 cm³/mol. The number of benzene rings is 1. The summed E-state index contributed by atoms with van der Waals surface area (Å²) < 4.78 is 10.6. The Kier molecular flexibility index (Phi) is 2.87. The van der Waals surface area contributed by atoms with Gasteiger partial charge in [0.05, 0.1) is 13.2 Å². The summed E-state index contributed by atoms with van der Waals surface area (Å²) in [4.78, 5) is 10.8. The van der Waals surface area contributed by atoms with E-state index in [1.807, 2.05) is 18.2 Å². The lowest BCUT2D eigenvalue weighted by Gasteiger charge is -2.26. The quantitative estimate of drug-likeness (QED) is 0.815. The van der Waals surface area contributed by atoms with Gasteiger partial charge in [-0.25, -0.2) is 0 Å². The largest absolute Gasteiger partial charge is 0.486 e. The van der Waals surface area contributed by atoms with Gasteiger partial charge in [0.25, 0.3) is 0 Å². The zero-order chi connectivity index (χ0) is 10.7. The van der Waals surface area contributed by atoms with Crippen molar-refractivity contribution >= 4 is 11.6 Å². The summed E-state index contributed by atoms with van der Waals surface area (Å²) in [5, 5.41) is 2.70. The van der Waals surface area contributed by atoms with Crippen LogP contribution in [-0.2, 0) is 9.53 Å². The van der Waals surface area contributed by atoms with Crippen LogP contribution in [0.4, 0.5) is 5.69 Å². The standard InChI is InChI=1S/C11H13NO3/c1-8(13)12-9-3-2-4-10(5-9)15-11-6-14-7-11/h2-5,11H,6-7H2,1H3,(H,12,13). The molecule has 4 nitrogen and oxygen atoms in total. The number of hydrogen-bond donors (Lipinski definition) is 1. The first kappa shape index (κ1) is 9.98. The van der Waals surface area contributed by atoms with Gasteiger partial charge < -0.3 is 14.8 Å². The van der Waals surface area contributed by atoms with Gasteiger partial charge in [0, 0.05) is 18.7 Å². The molecule has 1 saturated heterocycles. The van der Waals surface area contributed by atoms with Gasteiger partial charge in [-0.15, -0.1) is 0 Å². The van der Waals surface area contributed by atoms with Crippen molar-refractivity contribution in [3.63, 3.8) is 0 Å². The van der Waals surface area contributed by atoms with E-state index in [0.717, 1.165) is 11.4 Å². The SMILES string of the molecule is CC(=O)Nc1cccc(OC2COC2)c1. The second-order valence-electron chi connectivity index (χ2n) is 3.49. The lowest BCUT2D eigenvalue weighted by Crippen LogP contribution is -2.38. The van der Waals surface area contributed by atoms with Crippen molar-refractivity contribution in [3.8, 4) is 5.75 Å². The van der Waals surface area contributed by atoms with Gasteiger partial charge in [-0.1, -0.05) is 6.07 Å². The fraction of sp³-hybridized carbons (Fsp3) is 0.364. The van der Waals surface area contributed by atoms with E-state index in [4.69, 9.17) is 9.47 Å². The molecule has 1 heterocycles. The van der Waals surface area contributed by atoms with Crippen LogP contribution in [-0.4, -0.2) is 25.2 Å². The molecule has 0 atom stereocenters.